The van der Waals surface area contributed by atoms with Gasteiger partial charge in [0.15, 0.2) is 6.10 Å². The number of phosphoric acid groups is 2. The van der Waals surface area contributed by atoms with E-state index in [1.54, 1.807) is 0 Å². The van der Waals surface area contributed by atoms with Crippen LogP contribution < -0.4 is 0 Å². The molecule has 18 heteroatoms. The van der Waals surface area contributed by atoms with Gasteiger partial charge in [0.05, 0.1) is 26.4 Å². The van der Waals surface area contributed by atoms with E-state index in [-0.39, 0.29) is 19.3 Å². The molecule has 0 fully saturated rings. The molecule has 0 bridgehead atoms. The van der Waals surface area contributed by atoms with Gasteiger partial charge in [-0.15, -0.1) is 0 Å². The lowest BCUT2D eigenvalue weighted by atomic mass is 10.0. The Hall–Kier alpha value is -5.35. The lowest BCUT2D eigenvalue weighted by Crippen LogP contribution is -2.30. The van der Waals surface area contributed by atoms with Crippen molar-refractivity contribution >= 4 is 33.6 Å². The standard InChI is InChI=1S/C89H146O16P2/c1-4-7-10-13-16-19-22-25-28-31-34-36-38-39-40-41-42-43-45-47-49-51-54-57-60-63-66-69-72-75-87(92)99-78-84(90)79-101-106(95,96)102-80-85(91)81-103-107(97,98)104-83-86(105-89(94)77-74-71-68-65-62-59-56-53-48-33-30-27-24-21-18-15-12-9-6-3)82-100-88(93)76-73-70-67-64-61-58-55-52-50-46-44-37-35-32-29-26-23-20-17-14-11-8-5-2/h7-12,16-21,25-30,34-37,39-40,46,48,50,53,55,58,84-86,90-91H,4-6,13-15,22-24,31-33,38,41-45,47,49,51-52,54,56-57,59-83H2,1-3H3,(H,95,96)(H,97,98)/b10-7-,11-8-,12-9-,19-16-,20-17-,21-18-,28-25-,29-26-,30-27-,36-34-,37-35-,40-39-,50-46-,53-48-,58-55-. The molecule has 0 aromatic rings. The first-order valence-corrected chi connectivity index (χ1v) is 44.1. The zero-order valence-electron chi connectivity index (χ0n) is 66.5. The number of rotatable bonds is 76. The molecule has 16 nitrogen and oxygen atoms in total. The van der Waals surface area contributed by atoms with Crippen molar-refractivity contribution in [3.8, 4) is 0 Å². The van der Waals surface area contributed by atoms with E-state index in [1.807, 2.05) is 0 Å². The number of ether oxygens (including phenoxy) is 3. The molecule has 0 spiro atoms. The molecule has 0 aliphatic rings. The molecule has 0 heterocycles. The van der Waals surface area contributed by atoms with Gasteiger partial charge >= 0.3 is 33.6 Å². The van der Waals surface area contributed by atoms with E-state index in [0.717, 1.165) is 186 Å². The second-order valence-corrected chi connectivity index (χ2v) is 29.7. The van der Waals surface area contributed by atoms with Crippen LogP contribution in [0.15, 0.2) is 182 Å². The minimum Gasteiger partial charge on any atom is -0.463 e. The number of carbonyl (C=O) groups excluding carboxylic acids is 3. The summed E-state index contributed by atoms with van der Waals surface area (Å²) < 4.78 is 61.2. The molecular formula is C89H146O16P2. The van der Waals surface area contributed by atoms with Gasteiger partial charge < -0.3 is 34.2 Å². The van der Waals surface area contributed by atoms with Crippen LogP contribution in [0.4, 0.5) is 0 Å². The Morgan fingerprint density at radius 3 is 0.738 bits per heavy atom. The number of hydrogen-bond acceptors (Lipinski definition) is 14. The van der Waals surface area contributed by atoms with Crippen molar-refractivity contribution in [2.75, 3.05) is 39.6 Å². The van der Waals surface area contributed by atoms with Gasteiger partial charge in [-0.1, -0.05) is 312 Å². The van der Waals surface area contributed by atoms with Crippen LogP contribution in [0.3, 0.4) is 0 Å². The molecule has 5 unspecified atom stereocenters. The molecule has 0 aliphatic carbocycles. The molecule has 0 radical (unpaired) electrons. The summed E-state index contributed by atoms with van der Waals surface area (Å²) in [5, 5.41) is 20.7. The maximum atomic E-state index is 13.0. The minimum absolute atomic E-state index is 0.0755. The van der Waals surface area contributed by atoms with Crippen molar-refractivity contribution < 1.29 is 75.8 Å². The summed E-state index contributed by atoms with van der Waals surface area (Å²) in [6.45, 7) is 2.29. The Morgan fingerprint density at radius 2 is 0.467 bits per heavy atom. The van der Waals surface area contributed by atoms with Crippen LogP contribution in [-0.2, 0) is 55.8 Å². The second kappa shape index (κ2) is 80.2. The summed E-state index contributed by atoms with van der Waals surface area (Å²) in [6, 6.07) is 0. The van der Waals surface area contributed by atoms with Crippen molar-refractivity contribution in [3.05, 3.63) is 182 Å². The fourth-order valence-electron chi connectivity index (χ4n) is 10.5. The van der Waals surface area contributed by atoms with E-state index in [2.05, 4.69) is 203 Å². The van der Waals surface area contributed by atoms with Gasteiger partial charge in [-0.05, 0) is 154 Å². The highest BCUT2D eigenvalue weighted by atomic mass is 31.2. The topological polar surface area (TPSA) is 231 Å². The average molecular weight is 1530 g/mol. The number of allylic oxidation sites excluding steroid dienone is 30. The molecule has 0 saturated heterocycles. The van der Waals surface area contributed by atoms with E-state index in [9.17, 15) is 43.5 Å². The molecule has 107 heavy (non-hydrogen) atoms. The van der Waals surface area contributed by atoms with Gasteiger partial charge in [-0.2, -0.15) is 0 Å². The summed E-state index contributed by atoms with van der Waals surface area (Å²) in [5.74, 6) is -1.63. The molecule has 0 aromatic carbocycles. The fourth-order valence-corrected chi connectivity index (χ4v) is 12.1. The summed E-state index contributed by atoms with van der Waals surface area (Å²) >= 11 is 0. The smallest absolute Gasteiger partial charge is 0.463 e. The molecule has 608 valence electrons. The van der Waals surface area contributed by atoms with Crippen LogP contribution in [0.1, 0.15) is 303 Å². The van der Waals surface area contributed by atoms with Crippen molar-refractivity contribution in [1.82, 2.24) is 0 Å². The normalized spacial score (nSPS) is 14.9. The number of phosphoric ester groups is 2. The summed E-state index contributed by atoms with van der Waals surface area (Å²) in [5.41, 5.74) is 0. The number of hydrogen-bond donors (Lipinski definition) is 4. The predicted molar refractivity (Wildman–Crippen MR) is 445 cm³/mol. The molecule has 0 saturated carbocycles. The van der Waals surface area contributed by atoms with Gasteiger partial charge in [0.25, 0.3) is 0 Å². The first kappa shape index (κ1) is 102. The Labute approximate surface area is 649 Å². The number of aliphatic hydroxyl groups is 2. The largest absolute Gasteiger partial charge is 0.472 e. The maximum absolute atomic E-state index is 13.0. The van der Waals surface area contributed by atoms with Crippen molar-refractivity contribution in [2.45, 2.75) is 322 Å². The minimum atomic E-state index is -4.95. The van der Waals surface area contributed by atoms with E-state index >= 15 is 0 Å². The van der Waals surface area contributed by atoms with Crippen LogP contribution in [0, 0.1) is 0 Å². The van der Waals surface area contributed by atoms with Gasteiger partial charge in [-0.25, -0.2) is 9.13 Å². The lowest BCUT2D eigenvalue weighted by molar-refractivity contribution is -0.161. The quantitative estimate of drug-likeness (QED) is 0.0146. The number of esters is 3. The third-order valence-corrected chi connectivity index (χ3v) is 18.5. The first-order valence-electron chi connectivity index (χ1n) is 41.1. The van der Waals surface area contributed by atoms with Crippen LogP contribution in [-0.4, -0.2) is 95.9 Å². The monoisotopic (exact) mass is 1530 g/mol. The van der Waals surface area contributed by atoms with Crippen LogP contribution >= 0.6 is 15.6 Å². The maximum Gasteiger partial charge on any atom is 0.472 e. The molecule has 0 aliphatic heterocycles. The zero-order chi connectivity index (χ0) is 78.0. The van der Waals surface area contributed by atoms with E-state index in [1.165, 1.54) is 57.8 Å². The van der Waals surface area contributed by atoms with E-state index in [0.29, 0.717) is 19.3 Å². The summed E-state index contributed by atoms with van der Waals surface area (Å²) in [4.78, 5) is 58.8. The van der Waals surface area contributed by atoms with E-state index < -0.39 is 91.5 Å². The van der Waals surface area contributed by atoms with Gasteiger partial charge in [-0.3, -0.25) is 32.5 Å². The summed E-state index contributed by atoms with van der Waals surface area (Å²) in [6.07, 6.45) is 104. The molecule has 0 amide bonds. The lowest BCUT2D eigenvalue weighted by Gasteiger charge is -2.21. The van der Waals surface area contributed by atoms with Crippen molar-refractivity contribution in [1.29, 1.82) is 0 Å². The molecule has 0 aromatic heterocycles. The highest BCUT2D eigenvalue weighted by Crippen LogP contribution is 2.45. The Bertz CT molecular complexity index is 2670. The van der Waals surface area contributed by atoms with Gasteiger partial charge in [0.1, 0.15) is 25.4 Å². The predicted octanol–water partition coefficient (Wildman–Crippen LogP) is 24.5. The van der Waals surface area contributed by atoms with E-state index in [4.69, 9.17) is 32.3 Å². The highest BCUT2D eigenvalue weighted by molar-refractivity contribution is 7.47. The van der Waals surface area contributed by atoms with Crippen molar-refractivity contribution in [3.63, 3.8) is 0 Å². The number of carbonyl (C=O) groups is 3. The first-order chi connectivity index (χ1) is 52.2. The highest BCUT2D eigenvalue weighted by Gasteiger charge is 2.29. The number of unbranched alkanes of at least 4 members (excludes halogenated alkanes) is 23. The Kier molecular flexibility index (Phi) is 76.2. The third kappa shape index (κ3) is 81.5. The fraction of sp³-hybridized carbons (Fsp3) is 0.629. The Morgan fingerprint density at radius 1 is 0.262 bits per heavy atom. The average Bonchev–Trinajstić information content (AvgIpc) is 0.918. The molecule has 5 atom stereocenters. The van der Waals surface area contributed by atoms with Crippen LogP contribution in [0.5, 0.6) is 0 Å². The molecule has 0 rings (SSSR count). The third-order valence-electron chi connectivity index (χ3n) is 16.6. The SMILES string of the molecule is CC/C=C\C/C=C\C/C=C\C/C=C\C/C=C\C/C=C\CCCCCCC(=O)OCC(COP(=O)(O)OCC(O)COP(=O)(O)OCC(O)COC(=O)CCCCCCCCCCCCCCC/C=C\C/C=C\C/C=C\C/C=C\C/C=C\CC)OC(=O)CCCCCCCC/C=C\C/C=C\C/C=C\C/C=C\CC. The van der Waals surface area contributed by atoms with Crippen LogP contribution in [0.2, 0.25) is 0 Å². The van der Waals surface area contributed by atoms with Crippen LogP contribution in [0.25, 0.3) is 0 Å². The zero-order valence-corrected chi connectivity index (χ0v) is 68.3. The second-order valence-electron chi connectivity index (χ2n) is 26.8. The molecular weight excluding hydrogens is 1390 g/mol. The Balaban J connectivity index is 4.65. The number of aliphatic hydroxyl groups excluding tert-OH is 2. The molecule has 4 N–H and O–H groups in total. The van der Waals surface area contributed by atoms with Crippen molar-refractivity contribution in [2.24, 2.45) is 0 Å². The summed E-state index contributed by atoms with van der Waals surface area (Å²) in [7, 11) is -9.82. The van der Waals surface area contributed by atoms with Gasteiger partial charge in [0, 0.05) is 19.3 Å². The van der Waals surface area contributed by atoms with Gasteiger partial charge in [0.2, 0.25) is 0 Å².